The van der Waals surface area contributed by atoms with Gasteiger partial charge >= 0.3 is 0 Å². The molecule has 1 aromatic rings. The number of hydrogen-bond donors (Lipinski definition) is 2. The van der Waals surface area contributed by atoms with Gasteiger partial charge in [-0.3, -0.25) is 9.59 Å². The van der Waals surface area contributed by atoms with Crippen molar-refractivity contribution in [3.05, 3.63) is 33.2 Å². The van der Waals surface area contributed by atoms with E-state index in [4.69, 9.17) is 11.6 Å². The van der Waals surface area contributed by atoms with Crippen LogP contribution in [0.1, 0.15) is 42.5 Å². The molecule has 2 N–H and O–H groups in total. The average Bonchev–Trinajstić information content (AvgIpc) is 2.82. The second-order valence-electron chi connectivity index (χ2n) is 6.17. The van der Waals surface area contributed by atoms with Crippen LogP contribution in [0.2, 0.25) is 5.02 Å². The van der Waals surface area contributed by atoms with E-state index in [0.29, 0.717) is 18.7 Å². The maximum atomic E-state index is 12.6. The molecule has 2 aliphatic rings. The number of aromatic amines is 1. The van der Waals surface area contributed by atoms with Gasteiger partial charge in [0.2, 0.25) is 0 Å². The molecule has 21 heavy (non-hydrogen) atoms. The Morgan fingerprint density at radius 2 is 2.19 bits per heavy atom. The van der Waals surface area contributed by atoms with Crippen molar-refractivity contribution in [3.8, 4) is 0 Å². The zero-order valence-electron chi connectivity index (χ0n) is 11.8. The highest BCUT2D eigenvalue weighted by Gasteiger charge is 2.45. The quantitative estimate of drug-likeness (QED) is 0.830. The molecule has 1 aliphatic heterocycles. The van der Waals surface area contributed by atoms with Gasteiger partial charge < -0.3 is 15.0 Å². The molecule has 0 unspecified atom stereocenters. The molecule has 0 bridgehead atoms. The van der Waals surface area contributed by atoms with Gasteiger partial charge in [-0.15, -0.1) is 0 Å². The van der Waals surface area contributed by atoms with Gasteiger partial charge in [0.1, 0.15) is 5.02 Å². The van der Waals surface area contributed by atoms with E-state index in [9.17, 15) is 14.7 Å². The predicted octanol–water partition coefficient (Wildman–Crippen LogP) is 1.80. The molecule has 0 aromatic carbocycles. The number of piperidine rings is 1. The monoisotopic (exact) mass is 310 g/mol. The lowest BCUT2D eigenvalue weighted by atomic mass is 9.76. The van der Waals surface area contributed by atoms with E-state index in [1.54, 1.807) is 4.90 Å². The standard InChI is InChI=1S/C15H19ClN2O3/c16-11-7-10(8-17-13(11)20)14(21)18-6-2-5-15(9-18)4-1-3-12(15)19/h7-8,12,19H,1-6,9H2,(H,17,20)/t12-,15-/m1/s1. The molecular formula is C15H19ClN2O3. The van der Waals surface area contributed by atoms with E-state index in [-0.39, 0.29) is 22.4 Å². The Bertz CT molecular complexity index is 615. The summed E-state index contributed by atoms with van der Waals surface area (Å²) in [5.74, 6) is -0.133. The van der Waals surface area contributed by atoms with Crippen LogP contribution in [0, 0.1) is 5.41 Å². The van der Waals surface area contributed by atoms with Crippen LogP contribution in [-0.4, -0.2) is 40.1 Å². The fraction of sp³-hybridized carbons (Fsp3) is 0.600. The topological polar surface area (TPSA) is 73.4 Å². The van der Waals surface area contributed by atoms with Crippen LogP contribution >= 0.6 is 11.6 Å². The first-order valence-electron chi connectivity index (χ1n) is 7.37. The highest BCUT2D eigenvalue weighted by molar-refractivity contribution is 6.30. The minimum Gasteiger partial charge on any atom is -0.392 e. The second-order valence-corrected chi connectivity index (χ2v) is 6.57. The fourth-order valence-electron chi connectivity index (χ4n) is 3.69. The first kappa shape index (κ1) is 14.6. The maximum Gasteiger partial charge on any atom is 0.266 e. The van der Waals surface area contributed by atoms with Crippen LogP contribution < -0.4 is 5.56 Å². The number of aliphatic hydroxyl groups excluding tert-OH is 1. The third-order valence-corrected chi connectivity index (χ3v) is 5.14. The Morgan fingerprint density at radius 3 is 2.86 bits per heavy atom. The predicted molar refractivity (Wildman–Crippen MR) is 79.5 cm³/mol. The van der Waals surface area contributed by atoms with Crippen molar-refractivity contribution in [2.45, 2.75) is 38.2 Å². The molecule has 1 aromatic heterocycles. The van der Waals surface area contributed by atoms with E-state index in [0.717, 1.165) is 32.1 Å². The number of nitrogens with zero attached hydrogens (tertiary/aromatic N) is 1. The highest BCUT2D eigenvalue weighted by atomic mass is 35.5. The summed E-state index contributed by atoms with van der Waals surface area (Å²) in [4.78, 5) is 28.1. The number of H-pyrrole nitrogens is 1. The first-order valence-corrected chi connectivity index (χ1v) is 7.75. The lowest BCUT2D eigenvalue weighted by Gasteiger charge is -2.42. The fourth-order valence-corrected chi connectivity index (χ4v) is 3.86. The molecule has 1 amide bonds. The Balaban J connectivity index is 1.81. The number of carbonyl (C=O) groups is 1. The van der Waals surface area contributed by atoms with E-state index in [1.807, 2.05) is 0 Å². The van der Waals surface area contributed by atoms with Gasteiger partial charge in [-0.2, -0.15) is 0 Å². The van der Waals surface area contributed by atoms with Gasteiger partial charge in [0.25, 0.3) is 11.5 Å². The molecule has 2 atom stereocenters. The van der Waals surface area contributed by atoms with E-state index in [2.05, 4.69) is 4.98 Å². The summed E-state index contributed by atoms with van der Waals surface area (Å²) in [6.07, 6.45) is 5.80. The van der Waals surface area contributed by atoms with Gasteiger partial charge in [0, 0.05) is 24.7 Å². The minimum absolute atomic E-state index is 0.0217. The Hall–Kier alpha value is -1.33. The number of aromatic nitrogens is 1. The normalized spacial score (nSPS) is 29.0. The van der Waals surface area contributed by atoms with Crippen LogP contribution in [0.3, 0.4) is 0 Å². The summed E-state index contributed by atoms with van der Waals surface area (Å²) in [7, 11) is 0. The van der Waals surface area contributed by atoms with Gasteiger partial charge in [0.15, 0.2) is 0 Å². The van der Waals surface area contributed by atoms with Crippen molar-refractivity contribution in [2.75, 3.05) is 13.1 Å². The average molecular weight is 311 g/mol. The molecule has 3 rings (SSSR count). The van der Waals surface area contributed by atoms with Crippen molar-refractivity contribution >= 4 is 17.5 Å². The minimum atomic E-state index is -0.394. The largest absolute Gasteiger partial charge is 0.392 e. The van der Waals surface area contributed by atoms with Gasteiger partial charge in [-0.25, -0.2) is 0 Å². The third kappa shape index (κ3) is 2.60. The zero-order valence-corrected chi connectivity index (χ0v) is 12.5. The number of likely N-dealkylation sites (tertiary alicyclic amines) is 1. The lowest BCUT2D eigenvalue weighted by molar-refractivity contribution is -0.00537. The van der Waals surface area contributed by atoms with Crippen LogP contribution in [-0.2, 0) is 0 Å². The molecule has 1 aliphatic carbocycles. The molecule has 6 heteroatoms. The third-order valence-electron chi connectivity index (χ3n) is 4.86. The van der Waals surface area contributed by atoms with Crippen LogP contribution in [0.4, 0.5) is 0 Å². The SMILES string of the molecule is O=C(c1c[nH]c(=O)c(Cl)c1)N1CCC[C@]2(CCC[C@H]2O)C1. The zero-order chi connectivity index (χ0) is 15.0. The second kappa shape index (κ2) is 5.46. The molecule has 1 saturated carbocycles. The molecule has 1 saturated heterocycles. The van der Waals surface area contributed by atoms with Crippen LogP contribution in [0.15, 0.2) is 17.1 Å². The smallest absolute Gasteiger partial charge is 0.266 e. The summed E-state index contributed by atoms with van der Waals surface area (Å²) in [6.45, 7) is 1.27. The Morgan fingerprint density at radius 1 is 1.43 bits per heavy atom. The lowest BCUT2D eigenvalue weighted by Crippen LogP contribution is -2.49. The molecule has 1 spiro atoms. The van der Waals surface area contributed by atoms with Gasteiger partial charge in [-0.1, -0.05) is 18.0 Å². The summed E-state index contributed by atoms with van der Waals surface area (Å²) < 4.78 is 0. The van der Waals surface area contributed by atoms with Gasteiger partial charge in [-0.05, 0) is 31.7 Å². The number of pyridine rings is 1. The number of nitrogens with one attached hydrogen (secondary N) is 1. The maximum absolute atomic E-state index is 12.6. The number of rotatable bonds is 1. The Kier molecular flexibility index (Phi) is 3.80. The number of carbonyl (C=O) groups excluding carboxylic acids is 1. The van der Waals surface area contributed by atoms with Crippen molar-refractivity contribution in [1.82, 2.24) is 9.88 Å². The molecule has 114 valence electrons. The number of aliphatic hydroxyl groups is 1. The summed E-state index contributed by atoms with van der Waals surface area (Å²) in [5, 5.41) is 10.3. The van der Waals surface area contributed by atoms with Gasteiger partial charge in [0.05, 0.1) is 11.7 Å². The van der Waals surface area contributed by atoms with E-state index >= 15 is 0 Å². The van der Waals surface area contributed by atoms with E-state index < -0.39 is 5.56 Å². The van der Waals surface area contributed by atoms with Crippen molar-refractivity contribution < 1.29 is 9.90 Å². The molecule has 2 heterocycles. The van der Waals surface area contributed by atoms with Crippen molar-refractivity contribution in [3.63, 3.8) is 0 Å². The first-order chi connectivity index (χ1) is 10.0. The molecular weight excluding hydrogens is 292 g/mol. The summed E-state index contributed by atoms with van der Waals surface area (Å²) in [5.41, 5.74) is -0.140. The van der Waals surface area contributed by atoms with Crippen molar-refractivity contribution in [2.24, 2.45) is 5.41 Å². The Labute approximate surface area is 127 Å². The van der Waals surface area contributed by atoms with E-state index in [1.165, 1.54) is 12.3 Å². The summed E-state index contributed by atoms with van der Waals surface area (Å²) in [6, 6.07) is 1.41. The van der Waals surface area contributed by atoms with Crippen LogP contribution in [0.25, 0.3) is 0 Å². The molecule has 0 radical (unpaired) electrons. The van der Waals surface area contributed by atoms with Crippen molar-refractivity contribution in [1.29, 1.82) is 0 Å². The molecule has 5 nitrogen and oxygen atoms in total. The number of halogens is 1. The molecule has 2 fully saturated rings. The summed E-state index contributed by atoms with van der Waals surface area (Å²) >= 11 is 5.79. The number of amides is 1. The highest BCUT2D eigenvalue weighted by Crippen LogP contribution is 2.45. The number of hydrogen-bond acceptors (Lipinski definition) is 3. The van der Waals surface area contributed by atoms with Crippen LogP contribution in [0.5, 0.6) is 0 Å².